The summed E-state index contributed by atoms with van der Waals surface area (Å²) in [5.74, 6) is 0.484. The Hall–Kier alpha value is -1.94. The minimum Gasteiger partial charge on any atom is -0.330 e. The fraction of sp³-hybridized carbons (Fsp3) is 0.214. The zero-order valence-electron chi connectivity index (χ0n) is 10.3. The lowest BCUT2D eigenvalue weighted by molar-refractivity contribution is 0.627. The van der Waals surface area contributed by atoms with Crippen LogP contribution in [0, 0.1) is 5.82 Å². The van der Waals surface area contributed by atoms with E-state index in [1.165, 1.54) is 6.07 Å². The molecule has 0 saturated heterocycles. The molecule has 0 aliphatic rings. The maximum Gasteiger partial charge on any atom is 0.146 e. The van der Waals surface area contributed by atoms with E-state index in [1.807, 2.05) is 12.1 Å². The van der Waals surface area contributed by atoms with E-state index in [9.17, 15) is 4.39 Å². The van der Waals surface area contributed by atoms with Gasteiger partial charge in [-0.15, -0.1) is 0 Å². The lowest BCUT2D eigenvalue weighted by Gasteiger charge is -2.21. The lowest BCUT2D eigenvalue weighted by atomic mass is 10.1. The number of pyridine rings is 1. The van der Waals surface area contributed by atoms with E-state index in [1.54, 1.807) is 36.3 Å². The van der Waals surface area contributed by atoms with Crippen LogP contribution in [0.5, 0.6) is 0 Å². The highest BCUT2D eigenvalue weighted by molar-refractivity contribution is 5.62. The molecule has 2 rings (SSSR count). The molecule has 18 heavy (non-hydrogen) atoms. The van der Waals surface area contributed by atoms with Crippen LogP contribution < -0.4 is 10.6 Å². The van der Waals surface area contributed by atoms with Crippen LogP contribution in [0.4, 0.5) is 15.9 Å². The zero-order valence-corrected chi connectivity index (χ0v) is 10.3. The lowest BCUT2D eigenvalue weighted by Crippen LogP contribution is -2.16. The van der Waals surface area contributed by atoms with Crippen molar-refractivity contribution in [3.8, 4) is 0 Å². The molecule has 2 aromatic rings. The molecule has 94 valence electrons. The molecule has 4 heteroatoms. The number of hydrogen-bond donors (Lipinski definition) is 1. The molecule has 0 saturated carbocycles. The Balaban J connectivity index is 2.40. The molecule has 2 N–H and O–H groups in total. The Bertz CT molecular complexity index is 528. The number of nitrogens with zero attached hydrogens (tertiary/aromatic N) is 2. The molecule has 3 nitrogen and oxygen atoms in total. The first-order valence-electron chi connectivity index (χ1n) is 5.86. The van der Waals surface area contributed by atoms with Gasteiger partial charge in [-0.1, -0.05) is 18.2 Å². The van der Waals surface area contributed by atoms with E-state index in [0.29, 0.717) is 12.2 Å². The first kappa shape index (κ1) is 12.5. The zero-order chi connectivity index (χ0) is 13.0. The van der Waals surface area contributed by atoms with Gasteiger partial charge in [-0.05, 0) is 36.7 Å². The van der Waals surface area contributed by atoms with Gasteiger partial charge in [-0.3, -0.25) is 0 Å². The molecule has 1 heterocycles. The van der Waals surface area contributed by atoms with Gasteiger partial charge in [0, 0.05) is 13.2 Å². The van der Waals surface area contributed by atoms with E-state index < -0.39 is 0 Å². The number of halogens is 1. The Kier molecular flexibility index (Phi) is 3.89. The maximum absolute atomic E-state index is 13.7. The summed E-state index contributed by atoms with van der Waals surface area (Å²) in [6, 6.07) is 10.5. The van der Waals surface area contributed by atoms with Gasteiger partial charge in [0.15, 0.2) is 0 Å². The molecule has 1 aromatic heterocycles. The van der Waals surface area contributed by atoms with Crippen LogP contribution >= 0.6 is 0 Å². The summed E-state index contributed by atoms with van der Waals surface area (Å²) >= 11 is 0. The average molecular weight is 245 g/mol. The number of aromatic nitrogens is 1. The second-order valence-electron chi connectivity index (χ2n) is 4.04. The third-order valence-corrected chi connectivity index (χ3v) is 2.81. The summed E-state index contributed by atoms with van der Waals surface area (Å²) in [5, 5.41) is 0. The molecule has 0 amide bonds. The number of para-hydroxylation sites is 1. The molecule has 1 aromatic carbocycles. The molecule has 0 aliphatic carbocycles. The fourth-order valence-corrected chi connectivity index (χ4v) is 1.92. The summed E-state index contributed by atoms with van der Waals surface area (Å²) in [4.78, 5) is 6.07. The van der Waals surface area contributed by atoms with Gasteiger partial charge >= 0.3 is 0 Å². The van der Waals surface area contributed by atoms with E-state index in [-0.39, 0.29) is 5.82 Å². The molecular weight excluding hydrogens is 229 g/mol. The van der Waals surface area contributed by atoms with Gasteiger partial charge in [0.05, 0.1) is 5.69 Å². The first-order valence-corrected chi connectivity index (χ1v) is 5.86. The quantitative estimate of drug-likeness (QED) is 0.899. The van der Waals surface area contributed by atoms with Crippen LogP contribution in [0.3, 0.4) is 0 Å². The van der Waals surface area contributed by atoms with Crippen LogP contribution in [-0.2, 0) is 6.42 Å². The van der Waals surface area contributed by atoms with Crippen molar-refractivity contribution in [2.24, 2.45) is 5.73 Å². The smallest absolute Gasteiger partial charge is 0.146 e. The van der Waals surface area contributed by atoms with Crippen molar-refractivity contribution in [2.75, 3.05) is 18.5 Å². The number of nitrogens with two attached hydrogens (primary N) is 1. The van der Waals surface area contributed by atoms with Crippen molar-refractivity contribution in [1.29, 1.82) is 0 Å². The van der Waals surface area contributed by atoms with Gasteiger partial charge in [0.25, 0.3) is 0 Å². The van der Waals surface area contributed by atoms with Crippen molar-refractivity contribution >= 4 is 11.5 Å². The van der Waals surface area contributed by atoms with Crippen LogP contribution in [0.25, 0.3) is 0 Å². The molecule has 0 radical (unpaired) electrons. The SMILES string of the molecule is CN(c1ccccc1F)c1ncccc1CCN. The maximum atomic E-state index is 13.7. The number of anilines is 2. The second-order valence-corrected chi connectivity index (χ2v) is 4.04. The highest BCUT2D eigenvalue weighted by Gasteiger charge is 2.12. The van der Waals surface area contributed by atoms with Gasteiger partial charge in [0.2, 0.25) is 0 Å². The van der Waals surface area contributed by atoms with Crippen molar-refractivity contribution in [2.45, 2.75) is 6.42 Å². The molecular formula is C14H16FN3. The van der Waals surface area contributed by atoms with Gasteiger partial charge in [-0.2, -0.15) is 0 Å². The highest BCUT2D eigenvalue weighted by Crippen LogP contribution is 2.26. The molecule has 0 spiro atoms. The Morgan fingerprint density at radius 3 is 2.72 bits per heavy atom. The second kappa shape index (κ2) is 5.60. The first-order chi connectivity index (χ1) is 8.74. The van der Waals surface area contributed by atoms with Crippen LogP contribution in [0.15, 0.2) is 42.6 Å². The normalized spacial score (nSPS) is 10.4. The fourth-order valence-electron chi connectivity index (χ4n) is 1.92. The third kappa shape index (κ3) is 2.49. The predicted molar refractivity (Wildman–Crippen MR) is 71.5 cm³/mol. The van der Waals surface area contributed by atoms with Gasteiger partial charge < -0.3 is 10.6 Å². The molecule has 0 bridgehead atoms. The van der Waals surface area contributed by atoms with Crippen LogP contribution in [0.2, 0.25) is 0 Å². The van der Waals surface area contributed by atoms with Crippen LogP contribution in [0.1, 0.15) is 5.56 Å². The summed E-state index contributed by atoms with van der Waals surface area (Å²) in [6.45, 7) is 0.545. The Labute approximate surface area is 106 Å². The van der Waals surface area contributed by atoms with E-state index in [2.05, 4.69) is 4.98 Å². The van der Waals surface area contributed by atoms with E-state index in [0.717, 1.165) is 17.8 Å². The number of hydrogen-bond acceptors (Lipinski definition) is 3. The summed E-state index contributed by atoms with van der Waals surface area (Å²) < 4.78 is 13.7. The average Bonchev–Trinajstić information content (AvgIpc) is 2.40. The van der Waals surface area contributed by atoms with E-state index >= 15 is 0 Å². The van der Waals surface area contributed by atoms with Crippen molar-refractivity contribution in [3.63, 3.8) is 0 Å². The van der Waals surface area contributed by atoms with Crippen molar-refractivity contribution in [1.82, 2.24) is 4.98 Å². The number of benzene rings is 1. The minimum atomic E-state index is -0.260. The predicted octanol–water partition coefficient (Wildman–Crippen LogP) is 2.49. The standard InChI is InChI=1S/C14H16FN3/c1-18(13-7-3-2-6-12(13)15)14-11(8-9-16)5-4-10-17-14/h2-7,10H,8-9,16H2,1H3. The number of rotatable bonds is 4. The topological polar surface area (TPSA) is 42.2 Å². The van der Waals surface area contributed by atoms with E-state index in [4.69, 9.17) is 5.73 Å². The molecule has 0 atom stereocenters. The Morgan fingerprint density at radius 1 is 1.22 bits per heavy atom. The van der Waals surface area contributed by atoms with Crippen molar-refractivity contribution in [3.05, 3.63) is 54.0 Å². The molecule has 0 unspecified atom stereocenters. The largest absolute Gasteiger partial charge is 0.330 e. The molecule has 0 aliphatic heterocycles. The summed E-state index contributed by atoms with van der Waals surface area (Å²) in [5.41, 5.74) is 7.11. The van der Waals surface area contributed by atoms with Gasteiger partial charge in [0.1, 0.15) is 11.6 Å². The minimum absolute atomic E-state index is 0.260. The summed E-state index contributed by atoms with van der Waals surface area (Å²) in [6.07, 6.45) is 2.43. The van der Waals surface area contributed by atoms with Gasteiger partial charge in [-0.25, -0.2) is 9.37 Å². The molecule has 0 fully saturated rings. The monoisotopic (exact) mass is 245 g/mol. The summed E-state index contributed by atoms with van der Waals surface area (Å²) in [7, 11) is 1.81. The third-order valence-electron chi connectivity index (χ3n) is 2.81. The van der Waals surface area contributed by atoms with Crippen LogP contribution in [-0.4, -0.2) is 18.6 Å². The highest BCUT2D eigenvalue weighted by atomic mass is 19.1. The van der Waals surface area contributed by atoms with Crippen molar-refractivity contribution < 1.29 is 4.39 Å². The Morgan fingerprint density at radius 2 is 2.00 bits per heavy atom.